The van der Waals surface area contributed by atoms with Crippen LogP contribution in [0.4, 0.5) is 5.13 Å². The van der Waals surface area contributed by atoms with E-state index in [-0.39, 0.29) is 6.04 Å². The first-order valence-corrected chi connectivity index (χ1v) is 5.63. The number of anilines is 1. The maximum absolute atomic E-state index is 9.17. The molecule has 14 heavy (non-hydrogen) atoms. The van der Waals surface area contributed by atoms with E-state index in [1.165, 1.54) is 0 Å². The van der Waals surface area contributed by atoms with Gasteiger partial charge in [0.15, 0.2) is 5.13 Å². The molecular formula is C9H17N3OS. The van der Waals surface area contributed by atoms with Crippen LogP contribution in [0.1, 0.15) is 19.5 Å². The van der Waals surface area contributed by atoms with Crippen molar-refractivity contribution < 1.29 is 5.11 Å². The molecule has 0 saturated heterocycles. The normalized spacial score (nSPS) is 15.1. The minimum Gasteiger partial charge on any atom is -0.392 e. The summed E-state index contributed by atoms with van der Waals surface area (Å²) in [6.07, 6.45) is 0.453. The van der Waals surface area contributed by atoms with E-state index in [1.807, 2.05) is 5.38 Å². The van der Waals surface area contributed by atoms with Crippen LogP contribution in [0.5, 0.6) is 0 Å². The summed E-state index contributed by atoms with van der Waals surface area (Å²) in [6, 6.07) is -0.246. The third kappa shape index (κ3) is 3.25. The van der Waals surface area contributed by atoms with Crippen LogP contribution in [-0.4, -0.2) is 28.8 Å². The van der Waals surface area contributed by atoms with Gasteiger partial charge in [-0.1, -0.05) is 6.92 Å². The number of aromatic nitrogens is 1. The lowest BCUT2D eigenvalue weighted by atomic mass is 10.2. The van der Waals surface area contributed by atoms with Gasteiger partial charge in [-0.25, -0.2) is 4.98 Å². The fourth-order valence-corrected chi connectivity index (χ4v) is 1.73. The summed E-state index contributed by atoms with van der Waals surface area (Å²) in [4.78, 5) is 4.33. The number of aliphatic hydroxyl groups is 1. The van der Waals surface area contributed by atoms with Gasteiger partial charge in [0.1, 0.15) is 0 Å². The highest BCUT2D eigenvalue weighted by atomic mass is 32.1. The molecule has 4 nitrogen and oxygen atoms in total. The molecule has 1 aromatic heterocycles. The molecule has 4 N–H and O–H groups in total. The van der Waals surface area contributed by atoms with E-state index in [9.17, 15) is 0 Å². The summed E-state index contributed by atoms with van der Waals surface area (Å²) in [6.45, 7) is 4.31. The van der Waals surface area contributed by atoms with Crippen LogP contribution in [0, 0.1) is 0 Å². The second-order valence-corrected chi connectivity index (χ2v) is 4.14. The highest BCUT2D eigenvalue weighted by Crippen LogP contribution is 2.15. The number of rotatable bonds is 5. The number of hydrogen-bond donors (Lipinski definition) is 3. The zero-order chi connectivity index (χ0) is 10.6. The lowest BCUT2D eigenvalue weighted by Crippen LogP contribution is -2.38. The van der Waals surface area contributed by atoms with Crippen LogP contribution < -0.4 is 11.1 Å². The van der Waals surface area contributed by atoms with Crippen LogP contribution in [0.25, 0.3) is 0 Å². The Morgan fingerprint density at radius 3 is 2.93 bits per heavy atom. The monoisotopic (exact) mass is 215 g/mol. The van der Waals surface area contributed by atoms with E-state index in [0.717, 1.165) is 17.2 Å². The molecule has 0 saturated carbocycles. The van der Waals surface area contributed by atoms with E-state index >= 15 is 0 Å². The minimum absolute atomic E-state index is 0.246. The highest BCUT2D eigenvalue weighted by Gasteiger charge is 2.09. The maximum Gasteiger partial charge on any atom is 0.182 e. The van der Waals surface area contributed by atoms with Crippen molar-refractivity contribution in [2.24, 2.45) is 5.73 Å². The Balaban J connectivity index is 2.37. The molecule has 1 rings (SSSR count). The maximum atomic E-state index is 9.17. The van der Waals surface area contributed by atoms with Crippen molar-refractivity contribution in [3.8, 4) is 0 Å². The molecule has 2 unspecified atom stereocenters. The predicted molar refractivity (Wildman–Crippen MR) is 59.6 cm³/mol. The first kappa shape index (κ1) is 11.4. The summed E-state index contributed by atoms with van der Waals surface area (Å²) in [5, 5.41) is 15.2. The Hall–Kier alpha value is -0.650. The zero-order valence-corrected chi connectivity index (χ0v) is 9.34. The fraction of sp³-hybridized carbons (Fsp3) is 0.667. The smallest absolute Gasteiger partial charge is 0.182 e. The molecule has 0 aliphatic carbocycles. The Morgan fingerprint density at radius 2 is 2.43 bits per heavy atom. The van der Waals surface area contributed by atoms with Crippen molar-refractivity contribution in [2.45, 2.75) is 32.4 Å². The van der Waals surface area contributed by atoms with Crippen molar-refractivity contribution in [3.63, 3.8) is 0 Å². The fourth-order valence-electron chi connectivity index (χ4n) is 0.926. The number of hydrogen-bond acceptors (Lipinski definition) is 5. The van der Waals surface area contributed by atoms with E-state index in [1.54, 1.807) is 18.3 Å². The number of nitrogens with one attached hydrogen (secondary N) is 1. The Bertz CT molecular complexity index is 275. The zero-order valence-electron chi connectivity index (χ0n) is 8.53. The number of nitrogens with zero attached hydrogens (tertiary/aromatic N) is 1. The van der Waals surface area contributed by atoms with Gasteiger partial charge in [0.05, 0.1) is 11.8 Å². The van der Waals surface area contributed by atoms with Crippen LogP contribution in [0.3, 0.4) is 0 Å². The molecule has 1 aromatic rings. The standard InChI is InChI=1S/C9H17N3OS/c1-3-7-5-14-9(12-7)11-4-8(10)6(2)13/h5-6,8,13H,3-4,10H2,1-2H3,(H,11,12). The van der Waals surface area contributed by atoms with Crippen LogP contribution in [-0.2, 0) is 6.42 Å². The van der Waals surface area contributed by atoms with Gasteiger partial charge in [0, 0.05) is 18.0 Å². The molecular weight excluding hydrogens is 198 g/mol. The molecule has 0 aliphatic heterocycles. The third-order valence-corrected chi connectivity index (χ3v) is 2.87. The highest BCUT2D eigenvalue weighted by molar-refractivity contribution is 7.13. The molecule has 0 spiro atoms. The Morgan fingerprint density at radius 1 is 1.71 bits per heavy atom. The molecule has 1 heterocycles. The summed E-state index contributed by atoms with van der Waals surface area (Å²) in [7, 11) is 0. The first-order valence-electron chi connectivity index (χ1n) is 4.75. The quantitative estimate of drug-likeness (QED) is 0.680. The van der Waals surface area contributed by atoms with Crippen LogP contribution in [0.2, 0.25) is 0 Å². The number of aryl methyl sites for hydroxylation is 1. The van der Waals surface area contributed by atoms with Crippen LogP contribution in [0.15, 0.2) is 5.38 Å². The van der Waals surface area contributed by atoms with Gasteiger partial charge in [0.2, 0.25) is 0 Å². The molecule has 0 aromatic carbocycles. The van der Waals surface area contributed by atoms with Crippen LogP contribution >= 0.6 is 11.3 Å². The van der Waals surface area contributed by atoms with Gasteiger partial charge < -0.3 is 16.2 Å². The number of nitrogens with two attached hydrogens (primary N) is 1. The molecule has 0 bridgehead atoms. The molecule has 5 heteroatoms. The molecule has 0 fully saturated rings. The van der Waals surface area contributed by atoms with Crippen molar-refractivity contribution in [1.82, 2.24) is 4.98 Å². The van der Waals surface area contributed by atoms with Crippen molar-refractivity contribution >= 4 is 16.5 Å². The van der Waals surface area contributed by atoms with E-state index in [0.29, 0.717) is 6.54 Å². The lowest BCUT2D eigenvalue weighted by Gasteiger charge is -2.14. The molecule has 0 radical (unpaired) electrons. The van der Waals surface area contributed by atoms with Gasteiger partial charge in [-0.15, -0.1) is 11.3 Å². The summed E-state index contributed by atoms with van der Waals surface area (Å²) >= 11 is 1.57. The Kier molecular flexibility index (Phi) is 4.31. The van der Waals surface area contributed by atoms with Crippen molar-refractivity contribution in [2.75, 3.05) is 11.9 Å². The van der Waals surface area contributed by atoms with Crippen molar-refractivity contribution in [1.29, 1.82) is 0 Å². The second-order valence-electron chi connectivity index (χ2n) is 3.28. The third-order valence-electron chi connectivity index (χ3n) is 2.02. The average Bonchev–Trinajstić information content (AvgIpc) is 2.61. The second kappa shape index (κ2) is 5.29. The van der Waals surface area contributed by atoms with Gasteiger partial charge in [0.25, 0.3) is 0 Å². The first-order chi connectivity index (χ1) is 6.63. The van der Waals surface area contributed by atoms with E-state index in [2.05, 4.69) is 17.2 Å². The SMILES string of the molecule is CCc1csc(NCC(N)C(C)O)n1. The molecule has 2 atom stereocenters. The van der Waals surface area contributed by atoms with Gasteiger partial charge in [-0.05, 0) is 13.3 Å². The van der Waals surface area contributed by atoms with E-state index < -0.39 is 6.10 Å². The number of thiazole rings is 1. The van der Waals surface area contributed by atoms with Gasteiger partial charge >= 0.3 is 0 Å². The molecule has 0 amide bonds. The topological polar surface area (TPSA) is 71.2 Å². The average molecular weight is 215 g/mol. The molecule has 0 aliphatic rings. The van der Waals surface area contributed by atoms with Gasteiger partial charge in [-0.2, -0.15) is 0 Å². The Labute approximate surface area is 88.2 Å². The minimum atomic E-state index is -0.492. The van der Waals surface area contributed by atoms with Gasteiger partial charge in [-0.3, -0.25) is 0 Å². The molecule has 80 valence electrons. The number of aliphatic hydroxyl groups excluding tert-OH is 1. The summed E-state index contributed by atoms with van der Waals surface area (Å²) in [5.74, 6) is 0. The summed E-state index contributed by atoms with van der Waals surface area (Å²) < 4.78 is 0. The van der Waals surface area contributed by atoms with E-state index in [4.69, 9.17) is 10.8 Å². The summed E-state index contributed by atoms with van der Waals surface area (Å²) in [5.41, 5.74) is 6.75. The lowest BCUT2D eigenvalue weighted by molar-refractivity contribution is 0.168. The largest absolute Gasteiger partial charge is 0.392 e. The van der Waals surface area contributed by atoms with Crippen molar-refractivity contribution in [3.05, 3.63) is 11.1 Å². The predicted octanol–water partition coefficient (Wildman–Crippen LogP) is 0.825.